The summed E-state index contributed by atoms with van der Waals surface area (Å²) < 4.78 is 3.65. The first kappa shape index (κ1) is 12.3. The van der Waals surface area contributed by atoms with Gasteiger partial charge < -0.3 is 5.11 Å². The standard InChI is InChI=1S/C10H10Br2N2OS/c1-2-14-9(6(11)5-13-14)10(15)7-3-4-8(12)16-7/h3-5,10,15H,2H2,1H3. The van der Waals surface area contributed by atoms with Crippen molar-refractivity contribution >= 4 is 43.2 Å². The molecule has 0 aliphatic rings. The number of aliphatic hydroxyl groups excluding tert-OH is 1. The maximum atomic E-state index is 10.3. The van der Waals surface area contributed by atoms with E-state index < -0.39 is 6.10 Å². The van der Waals surface area contributed by atoms with Gasteiger partial charge in [0, 0.05) is 11.4 Å². The first-order valence-electron chi connectivity index (χ1n) is 4.78. The van der Waals surface area contributed by atoms with Crippen molar-refractivity contribution in [1.29, 1.82) is 0 Å². The van der Waals surface area contributed by atoms with E-state index in [2.05, 4.69) is 37.0 Å². The number of aryl methyl sites for hydroxylation is 1. The minimum atomic E-state index is -0.631. The fraction of sp³-hybridized carbons (Fsp3) is 0.300. The van der Waals surface area contributed by atoms with Gasteiger partial charge in [0.1, 0.15) is 6.10 Å². The number of hydrogen-bond donors (Lipinski definition) is 1. The molecular formula is C10H10Br2N2OS. The van der Waals surface area contributed by atoms with E-state index in [1.807, 2.05) is 19.1 Å². The van der Waals surface area contributed by atoms with E-state index in [-0.39, 0.29) is 0 Å². The Hall–Kier alpha value is -0.170. The van der Waals surface area contributed by atoms with Crippen LogP contribution in [-0.2, 0) is 6.54 Å². The second-order valence-electron chi connectivity index (χ2n) is 3.24. The van der Waals surface area contributed by atoms with Gasteiger partial charge in [-0.3, -0.25) is 4.68 Å². The summed E-state index contributed by atoms with van der Waals surface area (Å²) in [5, 5.41) is 14.5. The van der Waals surface area contributed by atoms with E-state index in [0.717, 1.165) is 25.4 Å². The summed E-state index contributed by atoms with van der Waals surface area (Å²) in [5.41, 5.74) is 0.803. The topological polar surface area (TPSA) is 38.0 Å². The molecule has 2 rings (SSSR count). The average molecular weight is 366 g/mol. The van der Waals surface area contributed by atoms with Gasteiger partial charge in [-0.15, -0.1) is 11.3 Å². The van der Waals surface area contributed by atoms with E-state index in [9.17, 15) is 5.11 Å². The van der Waals surface area contributed by atoms with Crippen molar-refractivity contribution in [2.24, 2.45) is 0 Å². The Labute approximate surface area is 114 Å². The van der Waals surface area contributed by atoms with Crippen LogP contribution in [0.5, 0.6) is 0 Å². The van der Waals surface area contributed by atoms with Crippen molar-refractivity contribution < 1.29 is 5.11 Å². The number of aromatic nitrogens is 2. The van der Waals surface area contributed by atoms with E-state index in [1.165, 1.54) is 11.3 Å². The van der Waals surface area contributed by atoms with Crippen LogP contribution in [0.25, 0.3) is 0 Å². The first-order chi connectivity index (χ1) is 7.63. The molecule has 0 saturated carbocycles. The van der Waals surface area contributed by atoms with Crippen molar-refractivity contribution in [3.63, 3.8) is 0 Å². The number of thiophene rings is 1. The zero-order valence-electron chi connectivity index (χ0n) is 8.52. The van der Waals surface area contributed by atoms with E-state index in [1.54, 1.807) is 10.9 Å². The zero-order chi connectivity index (χ0) is 11.7. The SMILES string of the molecule is CCn1ncc(Br)c1C(O)c1ccc(Br)s1. The molecule has 0 aliphatic carbocycles. The Bertz CT molecular complexity index is 495. The van der Waals surface area contributed by atoms with Crippen molar-refractivity contribution in [3.8, 4) is 0 Å². The van der Waals surface area contributed by atoms with Gasteiger partial charge in [-0.1, -0.05) is 0 Å². The van der Waals surface area contributed by atoms with Crippen LogP contribution in [0.4, 0.5) is 0 Å². The Morgan fingerprint density at radius 1 is 1.50 bits per heavy atom. The van der Waals surface area contributed by atoms with Gasteiger partial charge in [0.05, 0.1) is 20.1 Å². The lowest BCUT2D eigenvalue weighted by Gasteiger charge is -2.11. The maximum Gasteiger partial charge on any atom is 0.131 e. The van der Waals surface area contributed by atoms with Gasteiger partial charge in [0.15, 0.2) is 0 Å². The molecule has 2 aromatic rings. The predicted octanol–water partition coefficient (Wildman–Crippen LogP) is 3.57. The molecule has 1 unspecified atom stereocenters. The zero-order valence-corrected chi connectivity index (χ0v) is 12.5. The predicted molar refractivity (Wildman–Crippen MR) is 71.7 cm³/mol. The Balaban J connectivity index is 2.40. The molecule has 1 N–H and O–H groups in total. The molecule has 3 nitrogen and oxygen atoms in total. The minimum absolute atomic E-state index is 0.631. The first-order valence-corrected chi connectivity index (χ1v) is 7.18. The molecule has 16 heavy (non-hydrogen) atoms. The molecular weight excluding hydrogens is 356 g/mol. The monoisotopic (exact) mass is 364 g/mol. The second kappa shape index (κ2) is 5.00. The lowest BCUT2D eigenvalue weighted by atomic mass is 10.2. The highest BCUT2D eigenvalue weighted by Gasteiger charge is 2.20. The summed E-state index contributed by atoms with van der Waals surface area (Å²) in [7, 11) is 0. The third-order valence-electron chi connectivity index (χ3n) is 2.26. The molecule has 86 valence electrons. The average Bonchev–Trinajstić information content (AvgIpc) is 2.83. The molecule has 2 heterocycles. The second-order valence-corrected chi connectivity index (χ2v) is 6.59. The van der Waals surface area contributed by atoms with E-state index in [4.69, 9.17) is 0 Å². The molecule has 0 saturated heterocycles. The number of halogens is 2. The third kappa shape index (κ3) is 2.25. The minimum Gasteiger partial charge on any atom is -0.381 e. The van der Waals surface area contributed by atoms with Crippen molar-refractivity contribution in [2.75, 3.05) is 0 Å². The summed E-state index contributed by atoms with van der Waals surface area (Å²) in [6, 6.07) is 3.85. The van der Waals surface area contributed by atoms with Crippen LogP contribution in [0, 0.1) is 0 Å². The number of hydrogen-bond acceptors (Lipinski definition) is 3. The Morgan fingerprint density at radius 2 is 2.25 bits per heavy atom. The lowest BCUT2D eigenvalue weighted by Crippen LogP contribution is -2.08. The maximum absolute atomic E-state index is 10.3. The van der Waals surface area contributed by atoms with Crippen LogP contribution in [-0.4, -0.2) is 14.9 Å². The van der Waals surface area contributed by atoms with Gasteiger partial charge in [0.25, 0.3) is 0 Å². The molecule has 2 aromatic heterocycles. The highest BCUT2D eigenvalue weighted by Crippen LogP contribution is 2.34. The van der Waals surface area contributed by atoms with Crippen LogP contribution >= 0.6 is 43.2 Å². The summed E-state index contributed by atoms with van der Waals surface area (Å²) in [6.45, 7) is 2.74. The molecule has 0 spiro atoms. The molecule has 0 fully saturated rings. The smallest absolute Gasteiger partial charge is 0.131 e. The van der Waals surface area contributed by atoms with Crippen LogP contribution in [0.15, 0.2) is 26.6 Å². The van der Waals surface area contributed by atoms with Gasteiger partial charge in [-0.25, -0.2) is 0 Å². The quantitative estimate of drug-likeness (QED) is 0.902. The molecule has 1 atom stereocenters. The molecule has 0 aromatic carbocycles. The highest BCUT2D eigenvalue weighted by molar-refractivity contribution is 9.11. The summed E-state index contributed by atoms with van der Waals surface area (Å²) in [6.07, 6.45) is 1.08. The van der Waals surface area contributed by atoms with Crippen LogP contribution in [0.2, 0.25) is 0 Å². The highest BCUT2D eigenvalue weighted by atomic mass is 79.9. The molecule has 6 heteroatoms. The lowest BCUT2D eigenvalue weighted by molar-refractivity contribution is 0.211. The number of aliphatic hydroxyl groups is 1. The molecule has 0 amide bonds. The summed E-state index contributed by atoms with van der Waals surface area (Å²) in [4.78, 5) is 0.905. The normalized spacial score (nSPS) is 13.0. The largest absolute Gasteiger partial charge is 0.381 e. The van der Waals surface area contributed by atoms with Crippen LogP contribution in [0.1, 0.15) is 23.6 Å². The summed E-state index contributed by atoms with van der Waals surface area (Å²) >= 11 is 8.33. The third-order valence-corrected chi connectivity index (χ3v) is 4.54. The van der Waals surface area contributed by atoms with Gasteiger partial charge in [-0.05, 0) is 50.9 Å². The van der Waals surface area contributed by atoms with Gasteiger partial charge >= 0.3 is 0 Å². The number of rotatable bonds is 3. The number of nitrogens with zero attached hydrogens (tertiary/aromatic N) is 2. The Morgan fingerprint density at radius 3 is 2.81 bits per heavy atom. The Kier molecular flexibility index (Phi) is 3.84. The fourth-order valence-corrected chi connectivity index (χ4v) is 3.43. The summed E-state index contributed by atoms with van der Waals surface area (Å²) in [5.74, 6) is 0. The van der Waals surface area contributed by atoms with Crippen molar-refractivity contribution in [1.82, 2.24) is 9.78 Å². The van der Waals surface area contributed by atoms with Crippen molar-refractivity contribution in [2.45, 2.75) is 19.6 Å². The van der Waals surface area contributed by atoms with Crippen LogP contribution < -0.4 is 0 Å². The fourth-order valence-electron chi connectivity index (χ4n) is 1.51. The van der Waals surface area contributed by atoms with E-state index >= 15 is 0 Å². The molecule has 0 radical (unpaired) electrons. The molecule has 0 bridgehead atoms. The van der Waals surface area contributed by atoms with Gasteiger partial charge in [0.2, 0.25) is 0 Å². The van der Waals surface area contributed by atoms with E-state index in [0.29, 0.717) is 0 Å². The van der Waals surface area contributed by atoms with Gasteiger partial charge in [-0.2, -0.15) is 5.10 Å². The van der Waals surface area contributed by atoms with Crippen LogP contribution in [0.3, 0.4) is 0 Å². The molecule has 0 aliphatic heterocycles. The van der Waals surface area contributed by atoms with Crippen molar-refractivity contribution in [3.05, 3.63) is 37.2 Å².